The molecule has 3 aromatic rings. The molecule has 2 heterocycles. The molecule has 0 bridgehead atoms. The van der Waals surface area contributed by atoms with Gasteiger partial charge in [-0.1, -0.05) is 34.1 Å². The van der Waals surface area contributed by atoms with Crippen LogP contribution in [-0.2, 0) is 20.7 Å². The van der Waals surface area contributed by atoms with Gasteiger partial charge >= 0.3 is 5.97 Å². The van der Waals surface area contributed by atoms with Gasteiger partial charge in [0.2, 0.25) is 0 Å². The molecule has 1 aromatic heterocycles. The van der Waals surface area contributed by atoms with Gasteiger partial charge in [-0.3, -0.25) is 4.79 Å². The van der Waals surface area contributed by atoms with E-state index < -0.39 is 5.97 Å². The quantitative estimate of drug-likeness (QED) is 0.277. The summed E-state index contributed by atoms with van der Waals surface area (Å²) in [7, 11) is 2.97. The Balaban J connectivity index is 1.69. The average Bonchev–Trinajstić information content (AvgIpc) is 3.28. The van der Waals surface area contributed by atoms with E-state index in [-0.39, 0.29) is 5.91 Å². The molecule has 36 heavy (non-hydrogen) atoms. The minimum atomic E-state index is -0.514. The number of amides is 1. The zero-order valence-electron chi connectivity index (χ0n) is 21.1. The monoisotopic (exact) mass is 548 g/mol. The molecule has 1 amide bonds. The van der Waals surface area contributed by atoms with E-state index in [1.807, 2.05) is 74.5 Å². The number of methoxy groups -OCH3 is 2. The maximum Gasteiger partial charge on any atom is 0.340 e. The van der Waals surface area contributed by atoms with Crippen molar-refractivity contribution in [2.75, 3.05) is 20.8 Å². The minimum Gasteiger partial charge on any atom is -0.497 e. The summed E-state index contributed by atoms with van der Waals surface area (Å²) in [5, 5.41) is 0. The smallest absolute Gasteiger partial charge is 0.340 e. The Morgan fingerprint density at radius 3 is 2.39 bits per heavy atom. The third-order valence-electron chi connectivity index (χ3n) is 6.52. The predicted octanol–water partition coefficient (Wildman–Crippen LogP) is 5.78. The first-order valence-corrected chi connectivity index (χ1v) is 12.5. The van der Waals surface area contributed by atoms with E-state index in [4.69, 9.17) is 9.47 Å². The second-order valence-corrected chi connectivity index (χ2v) is 9.62. The molecule has 0 atom stereocenters. The average molecular weight is 549 g/mol. The lowest BCUT2D eigenvalue weighted by Crippen LogP contribution is -2.27. The number of ether oxygens (including phenoxy) is 2. The topological polar surface area (TPSA) is 60.8 Å². The SMILES string of the molecule is COC(=O)C1=C(C)N(CCc2ccc(OC)cc2)C(=O)/C1=C\c1cc(C)n(-c2cccc(Br)c2)c1C. The van der Waals surface area contributed by atoms with E-state index in [0.717, 1.165) is 38.4 Å². The van der Waals surface area contributed by atoms with Crippen LogP contribution in [-0.4, -0.2) is 42.1 Å². The fourth-order valence-corrected chi connectivity index (χ4v) is 5.02. The molecule has 6 nitrogen and oxygen atoms in total. The molecule has 0 fully saturated rings. The van der Waals surface area contributed by atoms with Crippen LogP contribution in [0.5, 0.6) is 5.75 Å². The van der Waals surface area contributed by atoms with Crippen LogP contribution in [0.15, 0.2) is 75.9 Å². The van der Waals surface area contributed by atoms with E-state index in [2.05, 4.69) is 20.5 Å². The van der Waals surface area contributed by atoms with Gasteiger partial charge in [0.25, 0.3) is 5.91 Å². The van der Waals surface area contributed by atoms with Gasteiger partial charge in [-0.25, -0.2) is 4.79 Å². The summed E-state index contributed by atoms with van der Waals surface area (Å²) in [5.74, 6) is 0.0687. The highest BCUT2D eigenvalue weighted by molar-refractivity contribution is 9.10. The standard InChI is InChI=1S/C29H29BrN2O4/c1-18-15-22(19(2)32(18)24-8-6-7-23(30)17-24)16-26-27(29(34)36-5)20(3)31(28(26)33)14-13-21-9-11-25(35-4)12-10-21/h6-12,15-17H,13-14H2,1-5H3/b26-16-. The highest BCUT2D eigenvalue weighted by Crippen LogP contribution is 2.33. The molecule has 0 saturated heterocycles. The molecule has 2 aromatic carbocycles. The van der Waals surface area contributed by atoms with E-state index >= 15 is 0 Å². The maximum atomic E-state index is 13.6. The van der Waals surface area contributed by atoms with E-state index in [1.54, 1.807) is 18.9 Å². The molecule has 0 spiro atoms. The van der Waals surface area contributed by atoms with Crippen molar-refractivity contribution in [1.29, 1.82) is 0 Å². The fraction of sp³-hybridized carbons (Fsp3) is 0.241. The van der Waals surface area contributed by atoms with Crippen molar-refractivity contribution in [3.05, 3.63) is 98.4 Å². The number of aryl methyl sites for hydroxylation is 1. The van der Waals surface area contributed by atoms with E-state index in [1.165, 1.54) is 7.11 Å². The van der Waals surface area contributed by atoms with Gasteiger partial charge in [-0.2, -0.15) is 0 Å². The van der Waals surface area contributed by atoms with E-state index in [9.17, 15) is 9.59 Å². The molecule has 7 heteroatoms. The lowest BCUT2D eigenvalue weighted by molar-refractivity contribution is -0.136. The zero-order chi connectivity index (χ0) is 26.0. The van der Waals surface area contributed by atoms with Gasteiger partial charge in [0.15, 0.2) is 0 Å². The molecule has 0 saturated carbocycles. The highest BCUT2D eigenvalue weighted by Gasteiger charge is 2.37. The molecule has 0 aliphatic carbocycles. The number of carbonyl (C=O) groups excluding carboxylic acids is 2. The molecular weight excluding hydrogens is 520 g/mol. The fourth-order valence-electron chi connectivity index (χ4n) is 4.63. The van der Waals surface area contributed by atoms with Crippen molar-refractivity contribution in [1.82, 2.24) is 9.47 Å². The maximum absolute atomic E-state index is 13.6. The third kappa shape index (κ3) is 4.88. The van der Waals surface area contributed by atoms with Gasteiger partial charge < -0.3 is 18.9 Å². The molecule has 0 N–H and O–H groups in total. The molecule has 4 rings (SSSR count). The molecule has 1 aliphatic rings. The van der Waals surface area contributed by atoms with Crippen LogP contribution in [0, 0.1) is 13.8 Å². The van der Waals surface area contributed by atoms with Crippen LogP contribution in [0.25, 0.3) is 11.8 Å². The first-order valence-electron chi connectivity index (χ1n) is 11.7. The summed E-state index contributed by atoms with van der Waals surface area (Å²) in [6.45, 7) is 6.28. The number of esters is 1. The number of carbonyl (C=O) groups is 2. The van der Waals surface area contributed by atoms with Gasteiger partial charge in [0.05, 0.1) is 25.4 Å². The van der Waals surface area contributed by atoms with Crippen LogP contribution < -0.4 is 4.74 Å². The summed E-state index contributed by atoms with van der Waals surface area (Å²) in [5.41, 5.74) is 6.24. The minimum absolute atomic E-state index is 0.200. The van der Waals surface area contributed by atoms with Gasteiger partial charge in [-0.05, 0) is 80.8 Å². The third-order valence-corrected chi connectivity index (χ3v) is 7.01. The van der Waals surface area contributed by atoms with Crippen molar-refractivity contribution in [3.63, 3.8) is 0 Å². The lowest BCUT2D eigenvalue weighted by Gasteiger charge is -2.18. The lowest BCUT2D eigenvalue weighted by atomic mass is 10.0. The Morgan fingerprint density at radius 2 is 1.75 bits per heavy atom. The number of halogens is 1. The van der Waals surface area contributed by atoms with Gasteiger partial charge in [0, 0.05) is 33.8 Å². The molecule has 0 radical (unpaired) electrons. The van der Waals surface area contributed by atoms with Crippen LogP contribution in [0.2, 0.25) is 0 Å². The van der Waals surface area contributed by atoms with E-state index in [0.29, 0.717) is 29.8 Å². The van der Waals surface area contributed by atoms with Crippen LogP contribution in [0.3, 0.4) is 0 Å². The van der Waals surface area contributed by atoms with Crippen molar-refractivity contribution in [3.8, 4) is 11.4 Å². The summed E-state index contributed by atoms with van der Waals surface area (Å²) in [6, 6.07) is 17.8. The second-order valence-electron chi connectivity index (χ2n) is 8.71. The Labute approximate surface area is 220 Å². The number of allylic oxidation sites excluding steroid dienone is 1. The molecule has 186 valence electrons. The van der Waals surface area contributed by atoms with Crippen molar-refractivity contribution >= 4 is 33.9 Å². The zero-order valence-corrected chi connectivity index (χ0v) is 22.7. The first-order chi connectivity index (χ1) is 17.2. The van der Waals surface area contributed by atoms with Crippen LogP contribution in [0.4, 0.5) is 0 Å². The number of aromatic nitrogens is 1. The number of rotatable bonds is 7. The number of benzene rings is 2. The number of nitrogens with zero attached hydrogens (tertiary/aromatic N) is 2. The largest absolute Gasteiger partial charge is 0.497 e. The Kier molecular flexibility index (Phi) is 7.50. The van der Waals surface area contributed by atoms with Crippen LogP contribution >= 0.6 is 15.9 Å². The highest BCUT2D eigenvalue weighted by atomic mass is 79.9. The van der Waals surface area contributed by atoms with Gasteiger partial charge in [-0.15, -0.1) is 0 Å². The number of hydrogen-bond donors (Lipinski definition) is 0. The Bertz CT molecular complexity index is 1380. The Hall–Kier alpha value is -3.58. The predicted molar refractivity (Wildman–Crippen MR) is 144 cm³/mol. The van der Waals surface area contributed by atoms with Gasteiger partial charge in [0.1, 0.15) is 5.75 Å². The summed E-state index contributed by atoms with van der Waals surface area (Å²) >= 11 is 3.54. The molecular formula is C29H29BrN2O4. The summed E-state index contributed by atoms with van der Waals surface area (Å²) in [6.07, 6.45) is 2.45. The Morgan fingerprint density at radius 1 is 1.03 bits per heavy atom. The van der Waals surface area contributed by atoms with Crippen LogP contribution in [0.1, 0.15) is 29.4 Å². The second kappa shape index (κ2) is 10.6. The summed E-state index contributed by atoms with van der Waals surface area (Å²) < 4.78 is 13.4. The number of hydrogen-bond acceptors (Lipinski definition) is 4. The molecule has 1 aliphatic heterocycles. The molecule has 0 unspecified atom stereocenters. The van der Waals surface area contributed by atoms with Crippen molar-refractivity contribution in [2.45, 2.75) is 27.2 Å². The van der Waals surface area contributed by atoms with Crippen molar-refractivity contribution in [2.24, 2.45) is 0 Å². The first kappa shape index (κ1) is 25.5. The van der Waals surface area contributed by atoms with Crippen molar-refractivity contribution < 1.29 is 19.1 Å². The summed E-state index contributed by atoms with van der Waals surface area (Å²) in [4.78, 5) is 28.0. The normalized spacial score (nSPS) is 14.7.